The maximum Gasteiger partial charge on any atom is 1.00 e. The van der Waals surface area contributed by atoms with Gasteiger partial charge in [0.1, 0.15) is 0 Å². The van der Waals surface area contributed by atoms with Gasteiger partial charge in [0.15, 0.2) is 0 Å². The predicted molar refractivity (Wildman–Crippen MR) is 75.2 cm³/mol. The quantitative estimate of drug-likeness (QED) is 0.377. The van der Waals surface area contributed by atoms with Gasteiger partial charge < -0.3 is 9.90 Å². The molecule has 0 aliphatic carbocycles. The smallest absolute Gasteiger partial charge is 0.550 e. The van der Waals surface area contributed by atoms with Crippen molar-refractivity contribution >= 4 is 5.97 Å². The number of aliphatic carboxylic acids is 1. The van der Waals surface area contributed by atoms with Gasteiger partial charge in [0.2, 0.25) is 0 Å². The summed E-state index contributed by atoms with van der Waals surface area (Å²) in [4.78, 5) is 10.2. The zero-order valence-corrected chi connectivity index (χ0v) is 16.5. The SMILES string of the molecule is CCCCC(C)CCCCCCCCCC(=O)[O-].[K+]. The number of carboxylic acids is 1. The van der Waals surface area contributed by atoms with Crippen LogP contribution < -0.4 is 56.5 Å². The van der Waals surface area contributed by atoms with Gasteiger partial charge in [-0.2, -0.15) is 0 Å². The second-order valence-corrected chi connectivity index (χ2v) is 5.63. The molecular weight excluding hydrogens is 263 g/mol. The molecule has 0 heterocycles. The first-order valence-electron chi connectivity index (χ1n) is 7.86. The maximum absolute atomic E-state index is 10.2. The third-order valence-corrected chi connectivity index (χ3v) is 3.63. The summed E-state index contributed by atoms with van der Waals surface area (Å²) in [5.41, 5.74) is 0. The Morgan fingerprint density at radius 3 is 1.89 bits per heavy atom. The molecule has 0 fully saturated rings. The molecule has 0 aromatic rings. The number of rotatable bonds is 13. The van der Waals surface area contributed by atoms with Gasteiger partial charge in [-0.05, 0) is 18.8 Å². The molecule has 1 unspecified atom stereocenters. The fourth-order valence-corrected chi connectivity index (χ4v) is 2.34. The topological polar surface area (TPSA) is 40.1 Å². The molecular formula is C16H31KO2. The summed E-state index contributed by atoms with van der Waals surface area (Å²) in [5.74, 6) is -0.0101. The van der Waals surface area contributed by atoms with Gasteiger partial charge in [-0.15, -0.1) is 0 Å². The Hall–Kier alpha value is 1.11. The van der Waals surface area contributed by atoms with Gasteiger partial charge >= 0.3 is 51.4 Å². The number of carboxylic acid groups (broad SMARTS) is 1. The van der Waals surface area contributed by atoms with E-state index in [2.05, 4.69) is 13.8 Å². The summed E-state index contributed by atoms with van der Waals surface area (Å²) >= 11 is 0. The van der Waals surface area contributed by atoms with E-state index in [1.807, 2.05) is 0 Å². The van der Waals surface area contributed by atoms with Crippen molar-refractivity contribution in [3.05, 3.63) is 0 Å². The average Bonchev–Trinajstić information content (AvgIpc) is 2.34. The minimum atomic E-state index is -0.906. The molecule has 2 nitrogen and oxygen atoms in total. The van der Waals surface area contributed by atoms with Crippen molar-refractivity contribution in [3.63, 3.8) is 0 Å². The molecule has 0 aromatic carbocycles. The first kappa shape index (κ1) is 22.4. The van der Waals surface area contributed by atoms with Crippen LogP contribution in [-0.4, -0.2) is 5.97 Å². The number of carbonyl (C=O) groups is 1. The van der Waals surface area contributed by atoms with Gasteiger partial charge in [-0.25, -0.2) is 0 Å². The number of hydrogen-bond donors (Lipinski definition) is 0. The fourth-order valence-electron chi connectivity index (χ4n) is 2.34. The van der Waals surface area contributed by atoms with Crippen LogP contribution in [0.15, 0.2) is 0 Å². The Morgan fingerprint density at radius 2 is 1.37 bits per heavy atom. The first-order valence-corrected chi connectivity index (χ1v) is 7.86. The van der Waals surface area contributed by atoms with Crippen LogP contribution >= 0.6 is 0 Å². The molecule has 1 atom stereocenters. The van der Waals surface area contributed by atoms with E-state index in [-0.39, 0.29) is 57.8 Å². The van der Waals surface area contributed by atoms with Crippen LogP contribution in [0.5, 0.6) is 0 Å². The Kier molecular flexibility index (Phi) is 20.2. The van der Waals surface area contributed by atoms with Crippen molar-refractivity contribution in [2.45, 2.75) is 90.9 Å². The standard InChI is InChI=1S/C16H32O2.K/c1-3-4-12-15(2)13-10-8-6-5-7-9-11-14-16(17)18;/h15H,3-14H2,1-2H3,(H,17,18);/q;+1/p-1. The van der Waals surface area contributed by atoms with E-state index >= 15 is 0 Å². The second-order valence-electron chi connectivity index (χ2n) is 5.63. The summed E-state index contributed by atoms with van der Waals surface area (Å²) in [6, 6.07) is 0. The molecule has 0 radical (unpaired) electrons. The second kappa shape index (κ2) is 17.2. The van der Waals surface area contributed by atoms with Crippen LogP contribution in [0.25, 0.3) is 0 Å². The number of hydrogen-bond acceptors (Lipinski definition) is 2. The van der Waals surface area contributed by atoms with Crippen molar-refractivity contribution in [1.82, 2.24) is 0 Å². The molecule has 0 rings (SSSR count). The monoisotopic (exact) mass is 294 g/mol. The normalized spacial score (nSPS) is 11.9. The molecule has 19 heavy (non-hydrogen) atoms. The molecule has 0 saturated carbocycles. The Morgan fingerprint density at radius 1 is 0.895 bits per heavy atom. The van der Waals surface area contributed by atoms with Crippen LogP contribution in [0.4, 0.5) is 0 Å². The van der Waals surface area contributed by atoms with E-state index in [1.54, 1.807) is 0 Å². The Balaban J connectivity index is 0. The van der Waals surface area contributed by atoms with Gasteiger partial charge in [0.05, 0.1) is 0 Å². The van der Waals surface area contributed by atoms with Crippen molar-refractivity contribution in [1.29, 1.82) is 0 Å². The third-order valence-electron chi connectivity index (χ3n) is 3.63. The van der Waals surface area contributed by atoms with Crippen LogP contribution in [-0.2, 0) is 4.79 Å². The summed E-state index contributed by atoms with van der Waals surface area (Å²) in [7, 11) is 0. The van der Waals surface area contributed by atoms with Gasteiger partial charge in [0.25, 0.3) is 0 Å². The first-order chi connectivity index (χ1) is 8.66. The van der Waals surface area contributed by atoms with E-state index < -0.39 is 5.97 Å². The van der Waals surface area contributed by atoms with Crippen LogP contribution in [0, 0.1) is 5.92 Å². The Labute approximate surface area is 162 Å². The van der Waals surface area contributed by atoms with E-state index in [0.29, 0.717) is 0 Å². The largest absolute Gasteiger partial charge is 1.00 e. The van der Waals surface area contributed by atoms with Crippen molar-refractivity contribution in [3.8, 4) is 0 Å². The minimum Gasteiger partial charge on any atom is -0.550 e. The summed E-state index contributed by atoms with van der Waals surface area (Å²) in [6.07, 6.45) is 14.0. The predicted octanol–water partition coefficient (Wildman–Crippen LogP) is 1.08. The van der Waals surface area contributed by atoms with Crippen molar-refractivity contribution in [2.75, 3.05) is 0 Å². The molecule has 0 aromatic heterocycles. The van der Waals surface area contributed by atoms with Crippen LogP contribution in [0.1, 0.15) is 90.9 Å². The van der Waals surface area contributed by atoms with Crippen molar-refractivity contribution < 1.29 is 61.3 Å². The molecule has 0 aliphatic heterocycles. The van der Waals surface area contributed by atoms with Gasteiger partial charge in [-0.1, -0.05) is 78.1 Å². The Bertz CT molecular complexity index is 195. The molecule has 0 amide bonds. The molecule has 0 spiro atoms. The zero-order chi connectivity index (χ0) is 13.6. The van der Waals surface area contributed by atoms with E-state index in [4.69, 9.17) is 0 Å². The summed E-state index contributed by atoms with van der Waals surface area (Å²) < 4.78 is 0. The molecule has 3 heteroatoms. The van der Waals surface area contributed by atoms with E-state index in [0.717, 1.165) is 18.8 Å². The average molecular weight is 295 g/mol. The maximum atomic E-state index is 10.2. The van der Waals surface area contributed by atoms with Crippen LogP contribution in [0.3, 0.4) is 0 Å². The van der Waals surface area contributed by atoms with E-state index in [1.165, 1.54) is 57.8 Å². The van der Waals surface area contributed by atoms with Gasteiger partial charge in [-0.3, -0.25) is 0 Å². The number of carbonyl (C=O) groups excluding carboxylic acids is 1. The zero-order valence-electron chi connectivity index (χ0n) is 13.4. The van der Waals surface area contributed by atoms with Crippen LogP contribution in [0.2, 0.25) is 0 Å². The summed E-state index contributed by atoms with van der Waals surface area (Å²) in [5, 5.41) is 10.2. The molecule has 0 bridgehead atoms. The molecule has 0 N–H and O–H groups in total. The summed E-state index contributed by atoms with van der Waals surface area (Å²) in [6.45, 7) is 4.63. The molecule has 0 saturated heterocycles. The van der Waals surface area contributed by atoms with Gasteiger partial charge in [0, 0.05) is 5.97 Å². The molecule has 0 aliphatic rings. The third kappa shape index (κ3) is 19.1. The fraction of sp³-hybridized carbons (Fsp3) is 0.938. The van der Waals surface area contributed by atoms with E-state index in [9.17, 15) is 9.90 Å². The van der Waals surface area contributed by atoms with Crippen molar-refractivity contribution in [2.24, 2.45) is 5.92 Å². The number of unbranched alkanes of at least 4 members (excludes halogenated alkanes) is 7. The molecule has 108 valence electrons. The minimum absolute atomic E-state index is 0.